The molecule has 0 aromatic rings. The smallest absolute Gasteiger partial charge is 0.748 e. The van der Waals surface area contributed by atoms with Crippen LogP contribution in [0.2, 0.25) is 0 Å². The van der Waals surface area contributed by atoms with Crippen LogP contribution in [0.1, 0.15) is 129 Å². The Morgan fingerprint density at radius 1 is 0.643 bits per heavy atom. The van der Waals surface area contributed by atoms with E-state index < -0.39 is 15.4 Å². The van der Waals surface area contributed by atoms with Crippen LogP contribution < -0.4 is 29.6 Å². The molecule has 0 rings (SSSR count). The van der Waals surface area contributed by atoms with Crippen LogP contribution in [0, 0.1) is 0 Å². The van der Waals surface area contributed by atoms with Crippen molar-refractivity contribution in [3.05, 3.63) is 0 Å². The largest absolute Gasteiger partial charge is 1.00 e. The van der Waals surface area contributed by atoms with Crippen molar-refractivity contribution in [2.24, 2.45) is 0 Å². The van der Waals surface area contributed by atoms with Gasteiger partial charge >= 0.3 is 29.6 Å². The minimum Gasteiger partial charge on any atom is -0.748 e. The molecule has 0 aliphatic heterocycles. The van der Waals surface area contributed by atoms with E-state index in [0.29, 0.717) is 12.8 Å². The van der Waals surface area contributed by atoms with Crippen LogP contribution in [-0.4, -0.2) is 29.4 Å². The topological polar surface area (TPSA) is 77.4 Å². The van der Waals surface area contributed by atoms with Crippen LogP contribution in [0.25, 0.3) is 0 Å². The Morgan fingerprint density at radius 3 is 1.43 bits per heavy atom. The first-order valence-electron chi connectivity index (χ1n) is 11.5. The Hall–Kier alpha value is 0.870. The molecule has 0 aromatic heterocycles. The summed E-state index contributed by atoms with van der Waals surface area (Å²) in [5.74, 6) is 0. The van der Waals surface area contributed by atoms with E-state index in [4.69, 9.17) is 0 Å². The number of aliphatic hydroxyl groups excluding tert-OH is 1. The first-order chi connectivity index (χ1) is 12.9. The van der Waals surface area contributed by atoms with E-state index >= 15 is 0 Å². The zero-order valence-electron chi connectivity index (χ0n) is 19.0. The summed E-state index contributed by atoms with van der Waals surface area (Å²) < 4.78 is 33.8. The molecule has 0 fully saturated rings. The summed E-state index contributed by atoms with van der Waals surface area (Å²) in [7, 11) is -4.13. The average Bonchev–Trinajstić information content (AvgIpc) is 2.61. The molecule has 6 heteroatoms. The van der Waals surface area contributed by atoms with Crippen LogP contribution in [-0.2, 0) is 10.1 Å². The Kier molecular flexibility index (Phi) is 23.4. The Labute approximate surface area is 197 Å². The Morgan fingerprint density at radius 2 is 1.00 bits per heavy atom. The van der Waals surface area contributed by atoms with Crippen molar-refractivity contribution in [1.29, 1.82) is 0 Å². The van der Waals surface area contributed by atoms with Gasteiger partial charge in [-0.05, 0) is 25.7 Å². The molecule has 0 radical (unpaired) electrons. The van der Waals surface area contributed by atoms with E-state index in [1.807, 2.05) is 6.92 Å². The molecule has 164 valence electrons. The molecule has 0 spiro atoms. The van der Waals surface area contributed by atoms with E-state index in [1.165, 1.54) is 44.9 Å². The molecule has 0 saturated carbocycles. The maximum absolute atomic E-state index is 11.3. The molecular weight excluding hydrogens is 383 g/mol. The van der Waals surface area contributed by atoms with Crippen molar-refractivity contribution in [2.75, 3.05) is 0 Å². The molecule has 2 unspecified atom stereocenters. The molecule has 0 heterocycles. The standard InChI is InChI=1S/C22H46O4S.Na/c1-3-5-14-17-21(23)18-15-12-10-8-7-9-11-13-16-20-22(19-6-4-2)27(24,25)26;/h21-23H,3-20H2,1-2H3,(H,24,25,26);/q;+1/p-1. The van der Waals surface area contributed by atoms with Gasteiger partial charge in [-0.2, -0.15) is 0 Å². The van der Waals surface area contributed by atoms with Gasteiger partial charge in [0.15, 0.2) is 0 Å². The number of hydrogen-bond acceptors (Lipinski definition) is 4. The van der Waals surface area contributed by atoms with E-state index in [1.54, 1.807) is 0 Å². The van der Waals surface area contributed by atoms with Crippen LogP contribution in [0.5, 0.6) is 0 Å². The molecule has 0 aliphatic carbocycles. The van der Waals surface area contributed by atoms with Crippen LogP contribution in [0.4, 0.5) is 0 Å². The number of aliphatic hydroxyl groups is 1. The van der Waals surface area contributed by atoms with E-state index in [0.717, 1.165) is 57.8 Å². The number of hydrogen-bond donors (Lipinski definition) is 1. The second-order valence-corrected chi connectivity index (χ2v) is 9.82. The van der Waals surface area contributed by atoms with E-state index in [-0.39, 0.29) is 35.7 Å². The minimum absolute atomic E-state index is 0. The van der Waals surface area contributed by atoms with Crippen molar-refractivity contribution >= 4 is 10.1 Å². The maximum Gasteiger partial charge on any atom is 1.00 e. The van der Waals surface area contributed by atoms with Gasteiger partial charge in [-0.3, -0.25) is 0 Å². The van der Waals surface area contributed by atoms with Gasteiger partial charge in [-0.25, -0.2) is 8.42 Å². The van der Waals surface area contributed by atoms with Gasteiger partial charge in [0, 0.05) is 5.25 Å². The van der Waals surface area contributed by atoms with Gasteiger partial charge in [0.2, 0.25) is 0 Å². The van der Waals surface area contributed by atoms with Crippen molar-refractivity contribution in [3.63, 3.8) is 0 Å². The minimum atomic E-state index is -4.13. The second kappa shape index (κ2) is 21.1. The van der Waals surface area contributed by atoms with Crippen LogP contribution in [0.15, 0.2) is 0 Å². The van der Waals surface area contributed by atoms with Crippen LogP contribution >= 0.6 is 0 Å². The zero-order valence-corrected chi connectivity index (χ0v) is 21.8. The molecule has 28 heavy (non-hydrogen) atoms. The molecule has 0 aliphatic rings. The molecule has 0 saturated heterocycles. The summed E-state index contributed by atoms with van der Waals surface area (Å²) in [4.78, 5) is 0. The Bertz CT molecular complexity index is 415. The predicted octanol–water partition coefficient (Wildman–Crippen LogP) is 3.33. The molecule has 0 aromatic carbocycles. The van der Waals surface area contributed by atoms with Gasteiger partial charge in [-0.1, -0.05) is 104 Å². The molecule has 2 atom stereocenters. The van der Waals surface area contributed by atoms with E-state index in [2.05, 4.69) is 6.92 Å². The zero-order chi connectivity index (χ0) is 20.4. The summed E-state index contributed by atoms with van der Waals surface area (Å²) in [5.41, 5.74) is 0. The second-order valence-electron chi connectivity index (χ2n) is 8.17. The predicted molar refractivity (Wildman–Crippen MR) is 114 cm³/mol. The molecular formula is C22H45NaO4S. The monoisotopic (exact) mass is 428 g/mol. The first kappa shape index (κ1) is 31.1. The van der Waals surface area contributed by atoms with Crippen LogP contribution in [0.3, 0.4) is 0 Å². The van der Waals surface area contributed by atoms with Gasteiger partial charge in [0.1, 0.15) is 0 Å². The SMILES string of the molecule is CCCCCC(O)CCCCCCCCCCCC(CCCC)S(=O)(=O)[O-].[Na+]. The fourth-order valence-corrected chi connectivity index (χ4v) is 4.54. The van der Waals surface area contributed by atoms with Gasteiger partial charge in [0.25, 0.3) is 0 Å². The third-order valence-corrected chi connectivity index (χ3v) is 6.78. The number of unbranched alkanes of at least 4 members (excludes halogenated alkanes) is 11. The number of rotatable bonds is 20. The summed E-state index contributed by atoms with van der Waals surface area (Å²) in [5, 5.41) is 9.21. The Balaban J connectivity index is 0. The summed E-state index contributed by atoms with van der Waals surface area (Å²) in [6.45, 7) is 4.21. The maximum atomic E-state index is 11.3. The average molecular weight is 429 g/mol. The van der Waals surface area contributed by atoms with Crippen molar-refractivity contribution in [2.45, 2.75) is 141 Å². The third kappa shape index (κ3) is 20.2. The summed E-state index contributed by atoms with van der Waals surface area (Å²) >= 11 is 0. The third-order valence-electron chi connectivity index (χ3n) is 5.49. The fourth-order valence-electron chi connectivity index (χ4n) is 3.63. The van der Waals surface area contributed by atoms with Gasteiger partial charge in [0.05, 0.1) is 16.2 Å². The normalized spacial score (nSPS) is 13.9. The van der Waals surface area contributed by atoms with Gasteiger partial charge < -0.3 is 9.66 Å². The van der Waals surface area contributed by atoms with Crippen molar-refractivity contribution in [1.82, 2.24) is 0 Å². The molecule has 0 bridgehead atoms. The first-order valence-corrected chi connectivity index (χ1v) is 13.0. The van der Waals surface area contributed by atoms with Gasteiger partial charge in [-0.15, -0.1) is 0 Å². The summed E-state index contributed by atoms with van der Waals surface area (Å²) in [6, 6.07) is 0. The molecule has 0 amide bonds. The van der Waals surface area contributed by atoms with E-state index in [9.17, 15) is 18.1 Å². The summed E-state index contributed by atoms with van der Waals surface area (Å²) in [6.07, 6.45) is 18.5. The van der Waals surface area contributed by atoms with Crippen molar-refractivity contribution in [3.8, 4) is 0 Å². The van der Waals surface area contributed by atoms with Crippen molar-refractivity contribution < 1.29 is 47.6 Å². The quantitative estimate of drug-likeness (QED) is 0.183. The fraction of sp³-hybridized carbons (Fsp3) is 1.00. The molecule has 1 N–H and O–H groups in total. The molecule has 4 nitrogen and oxygen atoms in total.